The van der Waals surface area contributed by atoms with Gasteiger partial charge in [-0.1, -0.05) is 20.8 Å². The lowest BCUT2D eigenvalue weighted by atomic mass is 9.81. The Hall–Kier alpha value is -1.50. The Balaban J connectivity index is 2.21. The molecule has 0 amide bonds. The Labute approximate surface area is 123 Å². The first-order valence-corrected chi connectivity index (χ1v) is 7.15. The normalized spacial score (nSPS) is 20.0. The van der Waals surface area contributed by atoms with Crippen molar-refractivity contribution in [2.45, 2.75) is 39.6 Å². The number of ether oxygens (including phenoxy) is 2. The number of H-pyrrole nitrogens is 1. The maximum Gasteiger partial charge on any atom is 0.203 e. The maximum absolute atomic E-state index is 9.73. The molecular formula is C15H21N3O3. The third-order valence-corrected chi connectivity index (χ3v) is 3.86. The molecule has 0 aliphatic carbocycles. The second-order valence-electron chi connectivity index (χ2n) is 6.43. The predicted molar refractivity (Wildman–Crippen MR) is 77.6 cm³/mol. The number of nitrogens with zero attached hydrogens (tertiary/aromatic N) is 2. The van der Waals surface area contributed by atoms with E-state index in [1.165, 1.54) is 0 Å². The van der Waals surface area contributed by atoms with E-state index < -0.39 is 11.9 Å². The summed E-state index contributed by atoms with van der Waals surface area (Å²) in [5.41, 5.74) is 2.45. The van der Waals surface area contributed by atoms with Crippen molar-refractivity contribution in [1.29, 1.82) is 0 Å². The molecule has 0 saturated carbocycles. The van der Waals surface area contributed by atoms with Crippen LogP contribution in [0.25, 0.3) is 11.2 Å². The van der Waals surface area contributed by atoms with Crippen molar-refractivity contribution >= 4 is 11.2 Å². The number of aromatic nitrogens is 3. The van der Waals surface area contributed by atoms with Crippen molar-refractivity contribution in [3.63, 3.8) is 0 Å². The standard InChI is InChI=1S/C15H21N3O3/c1-9(19)11-8-17-13-12(18-11)10(7-16-13)15(14(2,3)4)20-5-6-21-15/h7-9,19H,5-6H2,1-4H3,(H,16,17). The van der Waals surface area contributed by atoms with Gasteiger partial charge in [-0.05, 0) is 6.92 Å². The average molecular weight is 291 g/mol. The Bertz CT molecular complexity index is 652. The molecule has 0 spiro atoms. The lowest BCUT2D eigenvalue weighted by Crippen LogP contribution is -2.41. The molecule has 2 N–H and O–H groups in total. The van der Waals surface area contributed by atoms with Crippen molar-refractivity contribution in [2.75, 3.05) is 13.2 Å². The van der Waals surface area contributed by atoms with E-state index in [-0.39, 0.29) is 5.41 Å². The van der Waals surface area contributed by atoms with Crippen LogP contribution >= 0.6 is 0 Å². The van der Waals surface area contributed by atoms with Gasteiger partial charge in [0.2, 0.25) is 5.79 Å². The minimum atomic E-state index is -0.850. The molecule has 1 aliphatic heterocycles. The molecule has 3 rings (SSSR count). The van der Waals surface area contributed by atoms with Gasteiger partial charge in [0, 0.05) is 11.6 Å². The molecule has 0 bridgehead atoms. The molecule has 6 heteroatoms. The van der Waals surface area contributed by atoms with Crippen LogP contribution in [-0.2, 0) is 15.3 Å². The summed E-state index contributed by atoms with van der Waals surface area (Å²) >= 11 is 0. The van der Waals surface area contributed by atoms with Gasteiger partial charge in [-0.2, -0.15) is 0 Å². The van der Waals surface area contributed by atoms with Crippen molar-refractivity contribution in [2.24, 2.45) is 5.41 Å². The van der Waals surface area contributed by atoms with E-state index in [1.54, 1.807) is 13.1 Å². The third-order valence-electron chi connectivity index (χ3n) is 3.86. The summed E-state index contributed by atoms with van der Waals surface area (Å²) in [6, 6.07) is 0. The van der Waals surface area contributed by atoms with Gasteiger partial charge in [0.15, 0.2) is 5.65 Å². The highest BCUT2D eigenvalue weighted by Gasteiger charge is 2.50. The summed E-state index contributed by atoms with van der Waals surface area (Å²) < 4.78 is 12.0. The maximum atomic E-state index is 9.73. The topological polar surface area (TPSA) is 80.3 Å². The van der Waals surface area contributed by atoms with Gasteiger partial charge in [0.1, 0.15) is 5.52 Å². The van der Waals surface area contributed by atoms with Crippen LogP contribution in [0.1, 0.15) is 45.1 Å². The molecule has 2 aromatic heterocycles. The molecular weight excluding hydrogens is 270 g/mol. The number of hydrogen-bond donors (Lipinski definition) is 2. The highest BCUT2D eigenvalue weighted by molar-refractivity contribution is 5.76. The molecule has 1 aliphatic rings. The molecule has 6 nitrogen and oxygen atoms in total. The van der Waals surface area contributed by atoms with Crippen LogP contribution in [0.4, 0.5) is 0 Å². The number of fused-ring (bicyclic) bond motifs is 1. The van der Waals surface area contributed by atoms with Gasteiger partial charge in [-0.25, -0.2) is 9.97 Å². The molecule has 114 valence electrons. The van der Waals surface area contributed by atoms with Crippen LogP contribution in [0, 0.1) is 5.41 Å². The van der Waals surface area contributed by atoms with Crippen molar-refractivity contribution in [3.8, 4) is 0 Å². The fourth-order valence-corrected chi connectivity index (χ4v) is 2.76. The van der Waals surface area contributed by atoms with E-state index in [2.05, 4.69) is 35.7 Å². The zero-order valence-corrected chi connectivity index (χ0v) is 12.8. The first-order valence-electron chi connectivity index (χ1n) is 7.15. The van der Waals surface area contributed by atoms with E-state index in [9.17, 15) is 5.11 Å². The van der Waals surface area contributed by atoms with E-state index >= 15 is 0 Å². The number of hydrogen-bond acceptors (Lipinski definition) is 5. The minimum Gasteiger partial charge on any atom is -0.387 e. The van der Waals surface area contributed by atoms with Gasteiger partial charge >= 0.3 is 0 Å². The van der Waals surface area contributed by atoms with Crippen molar-refractivity contribution in [3.05, 3.63) is 23.7 Å². The molecule has 2 aromatic rings. The third kappa shape index (κ3) is 2.14. The Morgan fingerprint density at radius 1 is 1.33 bits per heavy atom. The highest BCUT2D eigenvalue weighted by atomic mass is 16.7. The van der Waals surface area contributed by atoms with Crippen LogP contribution < -0.4 is 0 Å². The summed E-state index contributed by atoms with van der Waals surface area (Å²) in [6.07, 6.45) is 2.75. The summed E-state index contributed by atoms with van der Waals surface area (Å²) in [6.45, 7) is 8.99. The predicted octanol–water partition coefficient (Wildman–Crippen LogP) is 2.26. The number of nitrogens with one attached hydrogen (secondary N) is 1. The number of aliphatic hydroxyl groups is 1. The molecule has 1 atom stereocenters. The van der Waals surface area contributed by atoms with Crippen LogP contribution in [0.2, 0.25) is 0 Å². The van der Waals surface area contributed by atoms with E-state index in [0.29, 0.717) is 30.1 Å². The van der Waals surface area contributed by atoms with Crippen molar-refractivity contribution < 1.29 is 14.6 Å². The number of aliphatic hydroxyl groups excluding tert-OH is 1. The monoisotopic (exact) mass is 291 g/mol. The number of rotatable bonds is 2. The van der Waals surface area contributed by atoms with E-state index in [4.69, 9.17) is 9.47 Å². The zero-order chi connectivity index (χ0) is 15.3. The molecule has 1 fully saturated rings. The second kappa shape index (κ2) is 4.76. The van der Waals surface area contributed by atoms with Crippen LogP contribution in [0.5, 0.6) is 0 Å². The van der Waals surface area contributed by atoms with Crippen LogP contribution in [-0.4, -0.2) is 33.3 Å². The molecule has 1 saturated heterocycles. The summed E-state index contributed by atoms with van der Waals surface area (Å²) in [7, 11) is 0. The molecule has 21 heavy (non-hydrogen) atoms. The Kier molecular flexibility index (Phi) is 3.27. The van der Waals surface area contributed by atoms with Crippen LogP contribution in [0.3, 0.4) is 0 Å². The quantitative estimate of drug-likeness (QED) is 0.887. The second-order valence-corrected chi connectivity index (χ2v) is 6.43. The van der Waals surface area contributed by atoms with Gasteiger partial charge in [0.05, 0.1) is 36.8 Å². The van der Waals surface area contributed by atoms with E-state index in [0.717, 1.165) is 5.56 Å². The molecule has 0 aromatic carbocycles. The number of aromatic amines is 1. The van der Waals surface area contributed by atoms with Crippen LogP contribution in [0.15, 0.2) is 12.4 Å². The summed E-state index contributed by atoms with van der Waals surface area (Å²) in [5, 5.41) is 9.73. The first-order chi connectivity index (χ1) is 9.85. The lowest BCUT2D eigenvalue weighted by Gasteiger charge is -2.39. The Morgan fingerprint density at radius 3 is 2.57 bits per heavy atom. The van der Waals surface area contributed by atoms with Gasteiger partial charge in [-0.15, -0.1) is 0 Å². The smallest absolute Gasteiger partial charge is 0.203 e. The average Bonchev–Trinajstić information content (AvgIpc) is 3.03. The molecule has 3 heterocycles. The van der Waals surface area contributed by atoms with Gasteiger partial charge < -0.3 is 19.6 Å². The largest absolute Gasteiger partial charge is 0.387 e. The SMILES string of the molecule is CC(O)c1cnc2[nH]cc(C3(C(C)(C)C)OCCO3)c2n1. The first kappa shape index (κ1) is 14.4. The zero-order valence-electron chi connectivity index (χ0n) is 12.8. The summed E-state index contributed by atoms with van der Waals surface area (Å²) in [4.78, 5) is 12.0. The summed E-state index contributed by atoms with van der Waals surface area (Å²) in [5.74, 6) is -0.850. The van der Waals surface area contributed by atoms with Gasteiger partial charge in [0.25, 0.3) is 0 Å². The lowest BCUT2D eigenvalue weighted by molar-refractivity contribution is -0.231. The molecule has 0 radical (unpaired) electrons. The Morgan fingerprint density at radius 2 is 2.00 bits per heavy atom. The van der Waals surface area contributed by atoms with Crippen molar-refractivity contribution in [1.82, 2.24) is 15.0 Å². The van der Waals surface area contributed by atoms with Gasteiger partial charge in [-0.3, -0.25) is 0 Å². The fraction of sp³-hybridized carbons (Fsp3) is 0.600. The molecule has 1 unspecified atom stereocenters. The fourth-order valence-electron chi connectivity index (χ4n) is 2.76. The van der Waals surface area contributed by atoms with E-state index in [1.807, 2.05) is 6.20 Å². The highest BCUT2D eigenvalue weighted by Crippen LogP contribution is 2.47. The minimum absolute atomic E-state index is 0.263.